The van der Waals surface area contributed by atoms with Crippen molar-refractivity contribution in [3.8, 4) is 11.3 Å². The van der Waals surface area contributed by atoms with Gasteiger partial charge in [-0.1, -0.05) is 48.5 Å². The number of benzene rings is 2. The lowest BCUT2D eigenvalue weighted by Crippen LogP contribution is -2.46. The fourth-order valence-corrected chi connectivity index (χ4v) is 4.65. The number of nitrogens with one attached hydrogen (secondary N) is 2. The number of carbonyl (C=O) groups excluding carboxylic acids is 2. The molecule has 1 saturated heterocycles. The Morgan fingerprint density at radius 2 is 1.69 bits per heavy atom. The summed E-state index contributed by atoms with van der Waals surface area (Å²) >= 11 is 0. The highest BCUT2D eigenvalue weighted by molar-refractivity contribution is 6.06. The third-order valence-corrected chi connectivity index (χ3v) is 6.57. The van der Waals surface area contributed by atoms with Crippen LogP contribution in [0.25, 0.3) is 22.3 Å². The van der Waals surface area contributed by atoms with Gasteiger partial charge >= 0.3 is 0 Å². The van der Waals surface area contributed by atoms with E-state index in [9.17, 15) is 9.59 Å². The first kappa shape index (κ1) is 23.7. The summed E-state index contributed by atoms with van der Waals surface area (Å²) in [6.45, 7) is 4.53. The van der Waals surface area contributed by atoms with E-state index in [0.717, 1.165) is 48.3 Å². The Hall–Kier alpha value is -4.04. The van der Waals surface area contributed by atoms with Crippen LogP contribution in [-0.4, -0.2) is 57.2 Å². The normalized spacial score (nSPS) is 14.6. The first-order valence-electron chi connectivity index (χ1n) is 12.4. The van der Waals surface area contributed by atoms with Gasteiger partial charge in [-0.05, 0) is 38.0 Å². The van der Waals surface area contributed by atoms with E-state index in [4.69, 9.17) is 4.98 Å². The molecule has 0 radical (unpaired) electrons. The highest BCUT2D eigenvalue weighted by atomic mass is 16.2. The Kier molecular flexibility index (Phi) is 7.04. The number of anilines is 1. The maximum absolute atomic E-state index is 13.4. The zero-order valence-electron chi connectivity index (χ0n) is 20.4. The largest absolute Gasteiger partial charge is 0.349 e. The number of hydrogen-bond acceptors (Lipinski definition) is 5. The van der Waals surface area contributed by atoms with Gasteiger partial charge in [-0.2, -0.15) is 5.10 Å². The average Bonchev–Trinajstić information content (AvgIpc) is 3.33. The molecule has 4 aromatic rings. The SMILES string of the molecule is CCn1ncc2c(C(=O)NC3CCN(CC(=O)Nc4ccccc4)CC3)cc(-c3ccccc3)nc21. The fourth-order valence-electron chi connectivity index (χ4n) is 4.65. The minimum absolute atomic E-state index is 0.0239. The van der Waals surface area contributed by atoms with Crippen molar-refractivity contribution in [3.05, 3.63) is 78.5 Å². The Balaban J connectivity index is 1.25. The molecule has 36 heavy (non-hydrogen) atoms. The molecule has 2 amide bonds. The van der Waals surface area contributed by atoms with Gasteiger partial charge in [0.15, 0.2) is 5.65 Å². The summed E-state index contributed by atoms with van der Waals surface area (Å²) in [6.07, 6.45) is 3.31. The van der Waals surface area contributed by atoms with E-state index in [2.05, 4.69) is 20.6 Å². The quantitative estimate of drug-likeness (QED) is 0.416. The van der Waals surface area contributed by atoms with Crippen molar-refractivity contribution in [3.63, 3.8) is 0 Å². The number of carbonyl (C=O) groups is 2. The van der Waals surface area contributed by atoms with Crippen molar-refractivity contribution in [1.82, 2.24) is 25.0 Å². The number of nitrogens with zero attached hydrogens (tertiary/aromatic N) is 4. The molecular formula is C28H30N6O2. The van der Waals surface area contributed by atoms with Crippen LogP contribution >= 0.6 is 0 Å². The smallest absolute Gasteiger partial charge is 0.252 e. The van der Waals surface area contributed by atoms with Gasteiger partial charge in [0, 0.05) is 36.9 Å². The van der Waals surface area contributed by atoms with Gasteiger partial charge in [0.25, 0.3) is 5.91 Å². The molecule has 1 aliphatic heterocycles. The summed E-state index contributed by atoms with van der Waals surface area (Å²) in [6, 6.07) is 21.3. The summed E-state index contributed by atoms with van der Waals surface area (Å²) in [7, 11) is 0. The van der Waals surface area contributed by atoms with Crippen LogP contribution < -0.4 is 10.6 Å². The molecule has 0 spiro atoms. The highest BCUT2D eigenvalue weighted by Crippen LogP contribution is 2.25. The molecule has 8 nitrogen and oxygen atoms in total. The third kappa shape index (κ3) is 5.28. The minimum atomic E-state index is -0.115. The molecule has 0 atom stereocenters. The number of hydrogen-bond donors (Lipinski definition) is 2. The van der Waals surface area contributed by atoms with Crippen LogP contribution in [0.15, 0.2) is 72.9 Å². The summed E-state index contributed by atoms with van der Waals surface area (Å²) in [5.74, 6) is -0.139. The third-order valence-electron chi connectivity index (χ3n) is 6.57. The van der Waals surface area contributed by atoms with Crippen molar-refractivity contribution < 1.29 is 9.59 Å². The lowest BCUT2D eigenvalue weighted by molar-refractivity contribution is -0.117. The second kappa shape index (κ2) is 10.7. The molecule has 184 valence electrons. The van der Waals surface area contributed by atoms with Crippen molar-refractivity contribution >= 4 is 28.5 Å². The maximum atomic E-state index is 13.4. The van der Waals surface area contributed by atoms with Crippen LogP contribution in [-0.2, 0) is 11.3 Å². The number of amides is 2. The average molecular weight is 483 g/mol. The maximum Gasteiger partial charge on any atom is 0.252 e. The van der Waals surface area contributed by atoms with Crippen molar-refractivity contribution in [2.45, 2.75) is 32.4 Å². The number of rotatable bonds is 7. The van der Waals surface area contributed by atoms with Crippen LogP contribution in [0.5, 0.6) is 0 Å². The van der Waals surface area contributed by atoms with Crippen LogP contribution in [0.2, 0.25) is 0 Å². The lowest BCUT2D eigenvalue weighted by Gasteiger charge is -2.31. The van der Waals surface area contributed by atoms with Crippen molar-refractivity contribution in [2.24, 2.45) is 0 Å². The molecule has 0 saturated carbocycles. The van der Waals surface area contributed by atoms with Crippen LogP contribution in [0, 0.1) is 0 Å². The Morgan fingerprint density at radius 3 is 2.39 bits per heavy atom. The van der Waals surface area contributed by atoms with E-state index < -0.39 is 0 Å². The van der Waals surface area contributed by atoms with Gasteiger partial charge in [0.2, 0.25) is 5.91 Å². The zero-order chi connectivity index (χ0) is 24.9. The number of fused-ring (bicyclic) bond motifs is 1. The zero-order valence-corrected chi connectivity index (χ0v) is 20.4. The summed E-state index contributed by atoms with van der Waals surface area (Å²) < 4.78 is 1.82. The molecule has 3 heterocycles. The van der Waals surface area contributed by atoms with Gasteiger partial charge in [-0.15, -0.1) is 0 Å². The van der Waals surface area contributed by atoms with Crippen molar-refractivity contribution in [2.75, 3.05) is 25.0 Å². The van der Waals surface area contributed by atoms with Crippen LogP contribution in [0.3, 0.4) is 0 Å². The molecule has 2 aromatic heterocycles. The van der Waals surface area contributed by atoms with E-state index in [1.807, 2.05) is 78.3 Å². The number of para-hydroxylation sites is 1. The van der Waals surface area contributed by atoms with Crippen LogP contribution in [0.4, 0.5) is 5.69 Å². The number of pyridine rings is 1. The second-order valence-corrected chi connectivity index (χ2v) is 9.06. The first-order chi connectivity index (χ1) is 17.6. The number of aromatic nitrogens is 3. The molecule has 2 N–H and O–H groups in total. The van der Waals surface area contributed by atoms with Crippen LogP contribution in [0.1, 0.15) is 30.1 Å². The molecule has 2 aromatic carbocycles. The lowest BCUT2D eigenvalue weighted by atomic mass is 10.0. The number of aryl methyl sites for hydroxylation is 1. The van der Waals surface area contributed by atoms with E-state index in [-0.39, 0.29) is 17.9 Å². The molecule has 5 rings (SSSR count). The standard InChI is InChI=1S/C28H30N6O2/c1-2-34-27-24(18-29-34)23(17-25(32-27)20-9-5-3-6-10-20)28(36)31-22-13-15-33(16-14-22)19-26(35)30-21-11-7-4-8-12-21/h3-12,17-18,22H,2,13-16,19H2,1H3,(H,30,35)(H,31,36). The molecule has 0 unspecified atom stereocenters. The first-order valence-corrected chi connectivity index (χ1v) is 12.4. The fraction of sp³-hybridized carbons (Fsp3) is 0.286. The number of likely N-dealkylation sites (tertiary alicyclic amines) is 1. The molecule has 0 bridgehead atoms. The molecular weight excluding hydrogens is 452 g/mol. The Morgan fingerprint density at radius 1 is 1.00 bits per heavy atom. The minimum Gasteiger partial charge on any atom is -0.349 e. The summed E-state index contributed by atoms with van der Waals surface area (Å²) in [5, 5.41) is 11.3. The van der Waals surface area contributed by atoms with Crippen molar-refractivity contribution in [1.29, 1.82) is 0 Å². The van der Waals surface area contributed by atoms with Gasteiger partial charge < -0.3 is 10.6 Å². The van der Waals surface area contributed by atoms with Gasteiger partial charge in [-0.3, -0.25) is 14.5 Å². The molecule has 0 aliphatic carbocycles. The predicted molar refractivity (Wildman–Crippen MR) is 141 cm³/mol. The predicted octanol–water partition coefficient (Wildman–Crippen LogP) is 3.95. The van der Waals surface area contributed by atoms with E-state index >= 15 is 0 Å². The second-order valence-electron chi connectivity index (χ2n) is 9.06. The Labute approximate surface area is 210 Å². The van der Waals surface area contributed by atoms with E-state index in [1.54, 1.807) is 6.20 Å². The monoisotopic (exact) mass is 482 g/mol. The topological polar surface area (TPSA) is 92.2 Å². The van der Waals surface area contributed by atoms with E-state index in [0.29, 0.717) is 24.3 Å². The highest BCUT2D eigenvalue weighted by Gasteiger charge is 2.24. The summed E-state index contributed by atoms with van der Waals surface area (Å²) in [5.41, 5.74) is 3.81. The van der Waals surface area contributed by atoms with Gasteiger partial charge in [-0.25, -0.2) is 9.67 Å². The molecule has 8 heteroatoms. The van der Waals surface area contributed by atoms with E-state index in [1.165, 1.54) is 0 Å². The Bertz CT molecular complexity index is 1340. The molecule has 1 fully saturated rings. The number of piperidine rings is 1. The van der Waals surface area contributed by atoms with Gasteiger partial charge in [0.1, 0.15) is 0 Å². The van der Waals surface area contributed by atoms with Gasteiger partial charge in [0.05, 0.1) is 29.4 Å². The summed E-state index contributed by atoms with van der Waals surface area (Å²) in [4.78, 5) is 32.7. The molecule has 1 aliphatic rings.